The van der Waals surface area contributed by atoms with Crippen LogP contribution in [0.25, 0.3) is 11.3 Å². The highest BCUT2D eigenvalue weighted by Crippen LogP contribution is 2.30. The summed E-state index contributed by atoms with van der Waals surface area (Å²) < 4.78 is 1.59. The van der Waals surface area contributed by atoms with Crippen LogP contribution in [-0.2, 0) is 0 Å². The van der Waals surface area contributed by atoms with E-state index in [-0.39, 0.29) is 11.5 Å². The fourth-order valence-electron chi connectivity index (χ4n) is 5.02. The fraction of sp³-hybridized carbons (Fsp3) is 0.344. The Morgan fingerprint density at radius 3 is 2.44 bits per heavy atom. The maximum atomic E-state index is 12.7. The molecule has 0 aliphatic carbocycles. The summed E-state index contributed by atoms with van der Waals surface area (Å²) >= 11 is 0. The molecule has 0 atom stereocenters. The third-order valence-corrected chi connectivity index (χ3v) is 6.87. The number of benzene rings is 1. The number of carbonyl (C=O) groups is 1. The van der Waals surface area contributed by atoms with Crippen LogP contribution in [0.2, 0.25) is 0 Å². The predicted octanol–water partition coefficient (Wildman–Crippen LogP) is 5.04. The quantitative estimate of drug-likeness (QED) is 0.366. The Balaban J connectivity index is 1.74. The van der Waals surface area contributed by atoms with Crippen molar-refractivity contribution < 1.29 is 4.79 Å². The number of anilines is 1. The van der Waals surface area contributed by atoms with E-state index in [2.05, 4.69) is 48.6 Å². The highest BCUT2D eigenvalue weighted by Gasteiger charge is 2.19. The molecule has 0 unspecified atom stereocenters. The van der Waals surface area contributed by atoms with Gasteiger partial charge in [0.05, 0.1) is 5.70 Å². The van der Waals surface area contributed by atoms with E-state index < -0.39 is 0 Å². The number of aromatic nitrogens is 1. The number of amides is 1. The van der Waals surface area contributed by atoms with Gasteiger partial charge in [-0.25, -0.2) is 0 Å². The Kier molecular flexibility index (Phi) is 10.0. The van der Waals surface area contributed by atoms with E-state index in [1.807, 2.05) is 30.4 Å². The van der Waals surface area contributed by atoms with Gasteiger partial charge in [-0.1, -0.05) is 24.3 Å². The van der Waals surface area contributed by atoms with Crippen molar-refractivity contribution in [2.45, 2.75) is 27.2 Å². The van der Waals surface area contributed by atoms with Crippen LogP contribution < -0.4 is 10.9 Å². The second-order valence-electron chi connectivity index (χ2n) is 10.2. The van der Waals surface area contributed by atoms with Gasteiger partial charge in [0.15, 0.2) is 0 Å². The summed E-state index contributed by atoms with van der Waals surface area (Å²) in [6.07, 6.45) is 10.5. The summed E-state index contributed by atoms with van der Waals surface area (Å²) in [5.74, 6) is 0.0280. The lowest BCUT2D eigenvalue weighted by Gasteiger charge is -2.28. The molecule has 1 amide bonds. The minimum absolute atomic E-state index is 0.0280. The standard InChI is InChI=1S/C32H41N5O2/c1-22(17-23(2)29(9-13-33-5)37-16-12-28(34-6)20-30(37)38)21-36-14-10-26(11-15-36)31-24(3)18-27(19-25(31)4)32(39)35(7)8/h9-10,12-13,16-20,34H,2,11,14-15,21H2,1,3-8H3/b22-17+,29-9+,33-13?. The van der Waals surface area contributed by atoms with Crippen molar-refractivity contribution in [3.05, 3.63) is 99.0 Å². The molecule has 2 heterocycles. The van der Waals surface area contributed by atoms with Crippen molar-refractivity contribution in [3.8, 4) is 0 Å². The number of pyridine rings is 1. The number of carbonyl (C=O) groups excluding carboxylic acids is 1. The molecular formula is C32H41N5O2. The molecular weight excluding hydrogens is 486 g/mol. The van der Waals surface area contributed by atoms with Gasteiger partial charge < -0.3 is 10.2 Å². The van der Waals surface area contributed by atoms with Crippen molar-refractivity contribution in [3.63, 3.8) is 0 Å². The van der Waals surface area contributed by atoms with Gasteiger partial charge in [0.1, 0.15) is 0 Å². The van der Waals surface area contributed by atoms with Crippen molar-refractivity contribution in [1.82, 2.24) is 14.4 Å². The van der Waals surface area contributed by atoms with Gasteiger partial charge in [-0.3, -0.25) is 24.0 Å². The van der Waals surface area contributed by atoms with Crippen LogP contribution in [0.15, 0.2) is 76.2 Å². The van der Waals surface area contributed by atoms with Gasteiger partial charge in [0.25, 0.3) is 11.5 Å². The Hall–Kier alpha value is -3.97. The number of nitrogens with one attached hydrogen (secondary N) is 1. The zero-order valence-electron chi connectivity index (χ0n) is 24.3. The number of hydrogen-bond acceptors (Lipinski definition) is 5. The lowest BCUT2D eigenvalue weighted by molar-refractivity contribution is 0.0827. The van der Waals surface area contributed by atoms with Crippen molar-refractivity contribution in [2.24, 2.45) is 4.99 Å². The molecule has 0 fully saturated rings. The first-order valence-corrected chi connectivity index (χ1v) is 13.2. The lowest BCUT2D eigenvalue weighted by Crippen LogP contribution is -2.30. The minimum atomic E-state index is -0.136. The summed E-state index contributed by atoms with van der Waals surface area (Å²) in [5, 5.41) is 3.00. The number of rotatable bonds is 9. The Morgan fingerprint density at radius 2 is 1.90 bits per heavy atom. The molecule has 3 rings (SSSR count). The summed E-state index contributed by atoms with van der Waals surface area (Å²) in [6.45, 7) is 13.1. The maximum Gasteiger partial charge on any atom is 0.257 e. The van der Waals surface area contributed by atoms with E-state index >= 15 is 0 Å². The smallest absolute Gasteiger partial charge is 0.257 e. The molecule has 2 aromatic rings. The largest absolute Gasteiger partial charge is 0.388 e. The Labute approximate surface area is 232 Å². The molecule has 0 radical (unpaired) electrons. The third kappa shape index (κ3) is 7.33. The molecule has 0 saturated heterocycles. The third-order valence-electron chi connectivity index (χ3n) is 6.87. The van der Waals surface area contributed by atoms with Gasteiger partial charge >= 0.3 is 0 Å². The monoisotopic (exact) mass is 527 g/mol. The van der Waals surface area contributed by atoms with Crippen LogP contribution in [0, 0.1) is 13.8 Å². The first kappa shape index (κ1) is 29.6. The van der Waals surface area contributed by atoms with E-state index in [1.54, 1.807) is 56.1 Å². The van der Waals surface area contributed by atoms with Crippen LogP contribution in [0.5, 0.6) is 0 Å². The number of aryl methyl sites for hydroxylation is 2. The molecule has 1 aliphatic rings. The van der Waals surface area contributed by atoms with E-state index in [1.165, 1.54) is 11.1 Å². The van der Waals surface area contributed by atoms with E-state index in [0.717, 1.165) is 59.6 Å². The van der Waals surface area contributed by atoms with Crippen molar-refractivity contribution in [1.29, 1.82) is 0 Å². The summed E-state index contributed by atoms with van der Waals surface area (Å²) in [5.41, 5.74) is 8.83. The van der Waals surface area contributed by atoms with E-state index in [4.69, 9.17) is 0 Å². The molecule has 1 N–H and O–H groups in total. The Bertz CT molecular complexity index is 1400. The second-order valence-corrected chi connectivity index (χ2v) is 10.2. The van der Waals surface area contributed by atoms with Crippen LogP contribution in [-0.4, -0.2) is 74.3 Å². The fourth-order valence-corrected chi connectivity index (χ4v) is 5.02. The van der Waals surface area contributed by atoms with Gasteiger partial charge in [-0.2, -0.15) is 0 Å². The molecule has 0 bridgehead atoms. The molecule has 1 aliphatic heterocycles. The zero-order valence-corrected chi connectivity index (χ0v) is 24.3. The number of allylic oxidation sites excluding steroid dienone is 4. The normalized spacial score (nSPS) is 14.9. The summed E-state index contributed by atoms with van der Waals surface area (Å²) in [6, 6.07) is 7.43. The molecule has 1 aromatic carbocycles. The first-order valence-electron chi connectivity index (χ1n) is 13.2. The molecule has 0 saturated carbocycles. The highest BCUT2D eigenvalue weighted by molar-refractivity contribution is 5.95. The second kappa shape index (κ2) is 13.2. The molecule has 0 spiro atoms. The first-order chi connectivity index (χ1) is 18.5. The SMILES string of the molecule is C=C(/C=C(\C)CN1CC=C(c2c(C)cc(C(=O)N(C)C)cc2C)CC1)/C(=C\C=NC)n1ccc(NC)cc1=O. The van der Waals surface area contributed by atoms with Crippen molar-refractivity contribution in [2.75, 3.05) is 53.1 Å². The molecule has 206 valence electrons. The predicted molar refractivity (Wildman–Crippen MR) is 165 cm³/mol. The molecule has 7 nitrogen and oxygen atoms in total. The Morgan fingerprint density at radius 1 is 1.21 bits per heavy atom. The van der Waals surface area contributed by atoms with Crippen LogP contribution >= 0.6 is 0 Å². The van der Waals surface area contributed by atoms with Crippen molar-refractivity contribution >= 4 is 29.1 Å². The topological polar surface area (TPSA) is 69.9 Å². The average molecular weight is 528 g/mol. The zero-order chi connectivity index (χ0) is 28.7. The highest BCUT2D eigenvalue weighted by atomic mass is 16.2. The van der Waals surface area contributed by atoms with Crippen LogP contribution in [0.1, 0.15) is 40.4 Å². The van der Waals surface area contributed by atoms with Gasteiger partial charge in [0.2, 0.25) is 0 Å². The lowest BCUT2D eigenvalue weighted by atomic mass is 9.90. The summed E-state index contributed by atoms with van der Waals surface area (Å²) in [7, 11) is 7.05. The number of aliphatic imine (C=N–C) groups is 1. The molecule has 1 aromatic heterocycles. The maximum absolute atomic E-state index is 12.7. The van der Waals surface area contributed by atoms with Crippen LogP contribution in [0.3, 0.4) is 0 Å². The summed E-state index contributed by atoms with van der Waals surface area (Å²) in [4.78, 5) is 33.3. The number of hydrogen-bond donors (Lipinski definition) is 1. The van der Waals surface area contributed by atoms with Crippen LogP contribution in [0.4, 0.5) is 5.69 Å². The minimum Gasteiger partial charge on any atom is -0.388 e. The molecule has 7 heteroatoms. The van der Waals surface area contributed by atoms with Gasteiger partial charge in [-0.05, 0) is 79.3 Å². The average Bonchev–Trinajstić information content (AvgIpc) is 2.89. The van der Waals surface area contributed by atoms with Gasteiger partial charge in [0, 0.05) is 77.6 Å². The number of nitrogens with zero attached hydrogens (tertiary/aromatic N) is 4. The van der Waals surface area contributed by atoms with E-state index in [9.17, 15) is 9.59 Å². The molecule has 39 heavy (non-hydrogen) atoms. The van der Waals surface area contributed by atoms with E-state index in [0.29, 0.717) is 5.70 Å². The van der Waals surface area contributed by atoms with Gasteiger partial charge in [-0.15, -0.1) is 0 Å².